The number of thioether (sulfide) groups is 2. The molecule has 0 spiro atoms. The maximum absolute atomic E-state index is 9.80. The fraction of sp³-hybridized carbons (Fsp3) is 0.400. The van der Waals surface area contributed by atoms with Crippen LogP contribution in [-0.2, 0) is 0 Å². The summed E-state index contributed by atoms with van der Waals surface area (Å²) in [6, 6.07) is 2.14. The molecule has 1 rings (SSSR count). The van der Waals surface area contributed by atoms with Crippen LogP contribution in [0.3, 0.4) is 0 Å². The zero-order valence-corrected chi connectivity index (χ0v) is 9.97. The van der Waals surface area contributed by atoms with Gasteiger partial charge in [-0.3, -0.25) is 0 Å². The van der Waals surface area contributed by atoms with Gasteiger partial charge in [0.05, 0.1) is 0 Å². The van der Waals surface area contributed by atoms with E-state index in [-0.39, 0.29) is 0 Å². The lowest BCUT2D eigenvalue weighted by Crippen LogP contribution is -1.87. The van der Waals surface area contributed by atoms with E-state index in [0.29, 0.717) is 5.75 Å². The van der Waals surface area contributed by atoms with Crippen LogP contribution in [0.5, 0.6) is 5.75 Å². The number of hydrogen-bond donors (Lipinski definition) is 1. The van der Waals surface area contributed by atoms with Crippen LogP contribution in [0.4, 0.5) is 0 Å². The Labute approximate surface area is 87.9 Å². The predicted octanol–water partition coefficient (Wildman–Crippen LogP) is 3.45. The zero-order valence-electron chi connectivity index (χ0n) is 8.34. The molecule has 0 aliphatic heterocycles. The highest BCUT2D eigenvalue weighted by Gasteiger charge is 2.09. The lowest BCUT2D eigenvalue weighted by Gasteiger charge is -2.11. The number of rotatable bonds is 2. The van der Waals surface area contributed by atoms with Crippen molar-refractivity contribution in [2.75, 3.05) is 12.5 Å². The average molecular weight is 214 g/mol. The summed E-state index contributed by atoms with van der Waals surface area (Å²) in [4.78, 5) is 2.32. The summed E-state index contributed by atoms with van der Waals surface area (Å²) in [7, 11) is 0. The van der Waals surface area contributed by atoms with Gasteiger partial charge in [-0.05, 0) is 32.4 Å². The Morgan fingerprint density at radius 3 is 1.69 bits per heavy atom. The second kappa shape index (κ2) is 4.29. The summed E-state index contributed by atoms with van der Waals surface area (Å²) in [5, 5.41) is 9.80. The van der Waals surface area contributed by atoms with Crippen molar-refractivity contribution in [2.45, 2.75) is 23.6 Å². The zero-order chi connectivity index (χ0) is 10.0. The molecule has 0 saturated carbocycles. The Morgan fingerprint density at radius 2 is 1.38 bits per heavy atom. The molecule has 3 heteroatoms. The molecule has 13 heavy (non-hydrogen) atoms. The topological polar surface area (TPSA) is 20.2 Å². The maximum Gasteiger partial charge on any atom is 0.123 e. The predicted molar refractivity (Wildman–Crippen MR) is 61.1 cm³/mol. The quantitative estimate of drug-likeness (QED) is 0.761. The average Bonchev–Trinajstić information content (AvgIpc) is 2.15. The summed E-state index contributed by atoms with van der Waals surface area (Å²) in [5.74, 6) is 0.441. The van der Waals surface area contributed by atoms with E-state index in [0.717, 1.165) is 20.9 Å². The third-order valence-corrected chi connectivity index (χ3v) is 3.88. The molecule has 0 aromatic heterocycles. The number of benzene rings is 1. The fourth-order valence-electron chi connectivity index (χ4n) is 1.27. The standard InChI is InChI=1S/C10H14OS2/c1-6-8(12-3)5-9(13-4)7(2)10(6)11/h5,11H,1-4H3. The van der Waals surface area contributed by atoms with Crippen LogP contribution >= 0.6 is 23.5 Å². The third-order valence-electron chi connectivity index (χ3n) is 2.15. The first-order chi connectivity index (χ1) is 6.11. The number of phenolic OH excluding ortho intramolecular Hbond substituents is 1. The monoisotopic (exact) mass is 214 g/mol. The minimum Gasteiger partial charge on any atom is -0.507 e. The SMILES string of the molecule is CSc1cc(SC)c(C)c(O)c1C. The normalized spacial score (nSPS) is 10.5. The maximum atomic E-state index is 9.80. The summed E-state index contributed by atoms with van der Waals surface area (Å²) in [5.41, 5.74) is 1.98. The van der Waals surface area contributed by atoms with E-state index in [4.69, 9.17) is 0 Å². The second-order valence-corrected chi connectivity index (χ2v) is 4.58. The first-order valence-electron chi connectivity index (χ1n) is 4.03. The molecule has 1 aromatic rings. The van der Waals surface area contributed by atoms with E-state index in [2.05, 4.69) is 6.07 Å². The van der Waals surface area contributed by atoms with Gasteiger partial charge in [-0.15, -0.1) is 23.5 Å². The van der Waals surface area contributed by atoms with Gasteiger partial charge in [-0.1, -0.05) is 0 Å². The molecule has 1 N–H and O–H groups in total. The van der Waals surface area contributed by atoms with E-state index in [1.165, 1.54) is 0 Å². The van der Waals surface area contributed by atoms with Crippen LogP contribution < -0.4 is 0 Å². The number of hydrogen-bond acceptors (Lipinski definition) is 3. The highest BCUT2D eigenvalue weighted by molar-refractivity contribution is 7.99. The van der Waals surface area contributed by atoms with Crippen molar-refractivity contribution in [2.24, 2.45) is 0 Å². The molecule has 0 aliphatic rings. The van der Waals surface area contributed by atoms with Crippen molar-refractivity contribution in [3.63, 3.8) is 0 Å². The first-order valence-corrected chi connectivity index (χ1v) is 6.48. The molecule has 0 atom stereocenters. The Hall–Kier alpha value is -0.280. The van der Waals surface area contributed by atoms with Crippen molar-refractivity contribution in [3.05, 3.63) is 17.2 Å². The molecule has 1 nitrogen and oxygen atoms in total. The molecule has 0 saturated heterocycles. The van der Waals surface area contributed by atoms with Gasteiger partial charge in [-0.2, -0.15) is 0 Å². The molecule has 0 amide bonds. The van der Waals surface area contributed by atoms with E-state index in [9.17, 15) is 5.11 Å². The molecule has 72 valence electrons. The Bertz CT molecular complexity index is 293. The molecule has 0 unspecified atom stereocenters. The van der Waals surface area contributed by atoms with Gasteiger partial charge < -0.3 is 5.11 Å². The molecule has 0 fully saturated rings. The highest BCUT2D eigenvalue weighted by atomic mass is 32.2. The molecule has 0 bridgehead atoms. The third kappa shape index (κ3) is 1.97. The first kappa shape index (κ1) is 10.8. The van der Waals surface area contributed by atoms with Gasteiger partial charge in [0.25, 0.3) is 0 Å². The van der Waals surface area contributed by atoms with Crippen molar-refractivity contribution < 1.29 is 5.11 Å². The fourth-order valence-corrected chi connectivity index (χ4v) is 2.63. The van der Waals surface area contributed by atoms with Gasteiger partial charge in [0.15, 0.2) is 0 Å². The molecule has 0 radical (unpaired) electrons. The van der Waals surface area contributed by atoms with Gasteiger partial charge in [0.1, 0.15) is 5.75 Å². The van der Waals surface area contributed by atoms with Gasteiger partial charge in [0.2, 0.25) is 0 Å². The van der Waals surface area contributed by atoms with Gasteiger partial charge in [0, 0.05) is 20.9 Å². The summed E-state index contributed by atoms with van der Waals surface area (Å²) in [6.07, 6.45) is 4.06. The van der Waals surface area contributed by atoms with E-state index in [1.807, 2.05) is 26.4 Å². The Balaban J connectivity index is 3.36. The van der Waals surface area contributed by atoms with E-state index in [1.54, 1.807) is 23.5 Å². The van der Waals surface area contributed by atoms with E-state index < -0.39 is 0 Å². The van der Waals surface area contributed by atoms with Crippen LogP contribution in [0.15, 0.2) is 15.9 Å². The van der Waals surface area contributed by atoms with Gasteiger partial charge >= 0.3 is 0 Å². The summed E-state index contributed by atoms with van der Waals surface area (Å²) >= 11 is 3.35. The van der Waals surface area contributed by atoms with Crippen LogP contribution in [0, 0.1) is 13.8 Å². The Morgan fingerprint density at radius 1 is 1.00 bits per heavy atom. The highest BCUT2D eigenvalue weighted by Crippen LogP contribution is 2.36. The van der Waals surface area contributed by atoms with Crippen molar-refractivity contribution in [1.82, 2.24) is 0 Å². The largest absolute Gasteiger partial charge is 0.507 e. The molecule has 0 heterocycles. The van der Waals surface area contributed by atoms with Crippen LogP contribution in [0.25, 0.3) is 0 Å². The van der Waals surface area contributed by atoms with Crippen molar-refractivity contribution in [3.8, 4) is 5.75 Å². The van der Waals surface area contributed by atoms with Crippen LogP contribution in [-0.4, -0.2) is 17.6 Å². The van der Waals surface area contributed by atoms with E-state index >= 15 is 0 Å². The smallest absolute Gasteiger partial charge is 0.123 e. The molecule has 0 aliphatic carbocycles. The molecule has 1 aromatic carbocycles. The number of phenols is 1. The molecular formula is C10H14OS2. The lowest BCUT2D eigenvalue weighted by atomic mass is 10.1. The van der Waals surface area contributed by atoms with Crippen LogP contribution in [0.1, 0.15) is 11.1 Å². The van der Waals surface area contributed by atoms with Crippen LogP contribution in [0.2, 0.25) is 0 Å². The van der Waals surface area contributed by atoms with Gasteiger partial charge in [-0.25, -0.2) is 0 Å². The minimum atomic E-state index is 0.441. The molecular weight excluding hydrogens is 200 g/mol. The summed E-state index contributed by atoms with van der Waals surface area (Å²) in [6.45, 7) is 3.91. The second-order valence-electron chi connectivity index (χ2n) is 2.88. The summed E-state index contributed by atoms with van der Waals surface area (Å²) < 4.78 is 0. The number of aromatic hydroxyl groups is 1. The Kier molecular flexibility index (Phi) is 3.56. The lowest BCUT2D eigenvalue weighted by molar-refractivity contribution is 0.462. The minimum absolute atomic E-state index is 0.441. The van der Waals surface area contributed by atoms with Crippen molar-refractivity contribution in [1.29, 1.82) is 0 Å². The van der Waals surface area contributed by atoms with Crippen molar-refractivity contribution >= 4 is 23.5 Å².